The number of rotatable bonds is 9. The van der Waals surface area contributed by atoms with Gasteiger partial charge in [-0.25, -0.2) is 0 Å². The summed E-state index contributed by atoms with van der Waals surface area (Å²) in [5, 5.41) is 1.27. The van der Waals surface area contributed by atoms with Gasteiger partial charge in [-0.05, 0) is 23.8 Å². The molecule has 0 aliphatic heterocycles. The van der Waals surface area contributed by atoms with E-state index in [-0.39, 0.29) is 10.8 Å². The number of ketones is 1. The van der Waals surface area contributed by atoms with Gasteiger partial charge in [-0.3, -0.25) is 4.79 Å². The van der Waals surface area contributed by atoms with Gasteiger partial charge in [0.15, 0.2) is 15.5 Å². The van der Waals surface area contributed by atoms with Gasteiger partial charge in [-0.15, -0.1) is 0 Å². The molecule has 0 amide bonds. The lowest BCUT2D eigenvalue weighted by Crippen LogP contribution is -2.24. The number of carbonyl (C=O) groups excluding carboxylic acids is 1. The zero-order chi connectivity index (χ0) is 12.6. The molecule has 4 heteroatoms. The summed E-state index contributed by atoms with van der Waals surface area (Å²) in [6, 6.07) is 0. The van der Waals surface area contributed by atoms with Crippen LogP contribution >= 0.6 is 15.9 Å². The standard InChI is InChI=1S/C12H25BrO2Si/c1-10(2)12(3,4)16-15-9-11(14)7-5-6-8-13/h10H,5-9,16H2,1-4H3. The zero-order valence-corrected chi connectivity index (χ0v) is 14.0. The lowest BCUT2D eigenvalue weighted by Gasteiger charge is -2.27. The largest absolute Gasteiger partial charge is 0.416 e. The Morgan fingerprint density at radius 2 is 2.00 bits per heavy atom. The van der Waals surface area contributed by atoms with E-state index in [9.17, 15) is 4.79 Å². The maximum absolute atomic E-state index is 11.5. The molecule has 0 aromatic carbocycles. The molecule has 0 aromatic heterocycles. The second-order valence-electron chi connectivity index (χ2n) is 5.32. The van der Waals surface area contributed by atoms with Crippen molar-refractivity contribution in [3.05, 3.63) is 0 Å². The third kappa shape index (κ3) is 7.58. The Balaban J connectivity index is 3.61. The second-order valence-corrected chi connectivity index (χ2v) is 8.63. The number of carbonyl (C=O) groups is 1. The molecule has 0 N–H and O–H groups in total. The van der Waals surface area contributed by atoms with E-state index < -0.39 is 9.76 Å². The first kappa shape index (κ1) is 16.3. The molecular formula is C12H25BrO2Si. The molecule has 0 saturated carbocycles. The topological polar surface area (TPSA) is 26.3 Å². The first-order valence-corrected chi connectivity index (χ1v) is 8.46. The molecule has 0 atom stereocenters. The number of unbranched alkanes of at least 4 members (excludes halogenated alkanes) is 1. The fraction of sp³-hybridized carbons (Fsp3) is 0.917. The van der Waals surface area contributed by atoms with E-state index in [2.05, 4.69) is 43.6 Å². The van der Waals surface area contributed by atoms with Crippen LogP contribution < -0.4 is 0 Å². The molecule has 0 aliphatic rings. The summed E-state index contributed by atoms with van der Waals surface area (Å²) in [6.45, 7) is 9.24. The minimum absolute atomic E-state index is 0.257. The van der Waals surface area contributed by atoms with Gasteiger partial charge in [0.05, 0.1) is 6.61 Å². The number of hydrogen-bond donors (Lipinski definition) is 0. The van der Waals surface area contributed by atoms with Crippen molar-refractivity contribution in [2.75, 3.05) is 11.9 Å². The number of alkyl halides is 1. The highest BCUT2D eigenvalue weighted by molar-refractivity contribution is 9.09. The lowest BCUT2D eigenvalue weighted by atomic mass is 9.99. The van der Waals surface area contributed by atoms with E-state index in [0.717, 1.165) is 18.2 Å². The monoisotopic (exact) mass is 308 g/mol. The number of hydrogen-bond acceptors (Lipinski definition) is 2. The van der Waals surface area contributed by atoms with Gasteiger partial charge < -0.3 is 4.43 Å². The van der Waals surface area contributed by atoms with Crippen molar-refractivity contribution in [3.63, 3.8) is 0 Å². The van der Waals surface area contributed by atoms with Gasteiger partial charge in [0.2, 0.25) is 0 Å². The average molecular weight is 309 g/mol. The van der Waals surface area contributed by atoms with Crippen molar-refractivity contribution in [2.24, 2.45) is 5.92 Å². The van der Waals surface area contributed by atoms with Crippen LogP contribution in [0.1, 0.15) is 47.0 Å². The summed E-state index contributed by atoms with van der Waals surface area (Å²) in [7, 11) is -0.610. The maximum Gasteiger partial charge on any atom is 0.168 e. The summed E-state index contributed by atoms with van der Waals surface area (Å²) in [4.78, 5) is 11.5. The molecule has 0 unspecified atom stereocenters. The third-order valence-corrected chi connectivity index (χ3v) is 5.67. The van der Waals surface area contributed by atoms with E-state index in [4.69, 9.17) is 4.43 Å². The van der Waals surface area contributed by atoms with Crippen molar-refractivity contribution in [2.45, 2.75) is 52.0 Å². The van der Waals surface area contributed by atoms with E-state index in [1.807, 2.05) is 0 Å². The fourth-order valence-corrected chi connectivity index (χ4v) is 2.67. The summed E-state index contributed by atoms with van der Waals surface area (Å²) in [5.41, 5.74) is 0. The van der Waals surface area contributed by atoms with Gasteiger partial charge >= 0.3 is 0 Å². The van der Waals surface area contributed by atoms with Crippen LogP contribution in [0, 0.1) is 5.92 Å². The number of halogens is 1. The van der Waals surface area contributed by atoms with Crippen LogP contribution in [0.15, 0.2) is 0 Å². The molecule has 0 fully saturated rings. The second kappa shape index (κ2) is 8.42. The minimum atomic E-state index is -0.610. The highest BCUT2D eigenvalue weighted by Gasteiger charge is 2.23. The van der Waals surface area contributed by atoms with Crippen molar-refractivity contribution in [3.8, 4) is 0 Å². The first-order valence-electron chi connectivity index (χ1n) is 6.05. The molecule has 0 aromatic rings. The minimum Gasteiger partial charge on any atom is -0.416 e. The molecule has 0 saturated heterocycles. The summed E-state index contributed by atoms with van der Waals surface area (Å²) < 4.78 is 5.63. The molecule has 0 radical (unpaired) electrons. The Kier molecular flexibility index (Phi) is 8.59. The van der Waals surface area contributed by atoms with Gasteiger partial charge in [-0.2, -0.15) is 0 Å². The summed E-state index contributed by atoms with van der Waals surface area (Å²) in [6.07, 6.45) is 2.71. The van der Waals surface area contributed by atoms with Crippen molar-refractivity contribution < 1.29 is 9.22 Å². The third-order valence-electron chi connectivity index (χ3n) is 3.14. The molecule has 2 nitrogen and oxygen atoms in total. The first-order chi connectivity index (χ1) is 7.40. The molecule has 0 aliphatic carbocycles. The highest BCUT2D eigenvalue weighted by atomic mass is 79.9. The van der Waals surface area contributed by atoms with Gasteiger partial charge in [0.1, 0.15) is 0 Å². The van der Waals surface area contributed by atoms with Crippen LogP contribution in [0.5, 0.6) is 0 Å². The maximum atomic E-state index is 11.5. The molecular weight excluding hydrogens is 284 g/mol. The van der Waals surface area contributed by atoms with Crippen LogP contribution in [-0.4, -0.2) is 27.5 Å². The quantitative estimate of drug-likeness (QED) is 0.372. The Labute approximate surface area is 111 Å². The molecule has 0 heterocycles. The predicted octanol–water partition coefficient (Wildman–Crippen LogP) is 3.08. The molecule has 0 rings (SSSR count). The van der Waals surface area contributed by atoms with Crippen LogP contribution in [0.25, 0.3) is 0 Å². The normalized spacial score (nSPS) is 12.9. The Morgan fingerprint density at radius 3 is 2.50 bits per heavy atom. The predicted molar refractivity (Wildman–Crippen MR) is 76.0 cm³/mol. The van der Waals surface area contributed by atoms with Crippen LogP contribution in [0.2, 0.25) is 5.04 Å². The Bertz CT molecular complexity index is 205. The Morgan fingerprint density at radius 1 is 1.38 bits per heavy atom. The summed E-state index contributed by atoms with van der Waals surface area (Å²) in [5.74, 6) is 0.885. The fourth-order valence-electron chi connectivity index (χ4n) is 1.08. The van der Waals surface area contributed by atoms with Crippen molar-refractivity contribution >= 4 is 31.5 Å². The smallest absolute Gasteiger partial charge is 0.168 e. The SMILES string of the molecule is CC(C)C(C)(C)[SiH2]OCC(=O)CCCCBr. The lowest BCUT2D eigenvalue weighted by molar-refractivity contribution is -0.121. The van der Waals surface area contributed by atoms with Crippen molar-refractivity contribution in [1.82, 2.24) is 0 Å². The molecule has 0 bridgehead atoms. The molecule has 0 spiro atoms. The Hall–Kier alpha value is 0.327. The van der Waals surface area contributed by atoms with Gasteiger partial charge in [-0.1, -0.05) is 43.6 Å². The highest BCUT2D eigenvalue weighted by Crippen LogP contribution is 2.32. The van der Waals surface area contributed by atoms with E-state index in [1.165, 1.54) is 0 Å². The van der Waals surface area contributed by atoms with Crippen LogP contribution in [-0.2, 0) is 9.22 Å². The van der Waals surface area contributed by atoms with Gasteiger partial charge in [0.25, 0.3) is 0 Å². The average Bonchev–Trinajstić information content (AvgIpc) is 2.17. The van der Waals surface area contributed by atoms with Crippen LogP contribution in [0.4, 0.5) is 0 Å². The number of Topliss-reactive ketones (excluding diaryl/α,β-unsaturated/α-hetero) is 1. The van der Waals surface area contributed by atoms with Gasteiger partial charge in [0, 0.05) is 11.8 Å². The zero-order valence-electron chi connectivity index (χ0n) is 11.0. The van der Waals surface area contributed by atoms with Crippen LogP contribution in [0.3, 0.4) is 0 Å². The van der Waals surface area contributed by atoms with E-state index >= 15 is 0 Å². The van der Waals surface area contributed by atoms with E-state index in [0.29, 0.717) is 18.9 Å². The van der Waals surface area contributed by atoms with Crippen molar-refractivity contribution in [1.29, 1.82) is 0 Å². The summed E-state index contributed by atoms with van der Waals surface area (Å²) >= 11 is 3.36. The molecule has 16 heavy (non-hydrogen) atoms. The van der Waals surface area contributed by atoms with E-state index in [1.54, 1.807) is 0 Å². The molecule has 96 valence electrons.